The molecule has 1 aliphatic rings. The summed E-state index contributed by atoms with van der Waals surface area (Å²) >= 11 is 0. The molecule has 0 radical (unpaired) electrons. The minimum atomic E-state index is -0.454. The number of ether oxygens (including phenoxy) is 2. The molecule has 3 rings (SSSR count). The van der Waals surface area contributed by atoms with Crippen molar-refractivity contribution in [1.29, 1.82) is 0 Å². The number of amides is 2. The minimum absolute atomic E-state index is 0.318. The van der Waals surface area contributed by atoms with Gasteiger partial charge in [0.2, 0.25) is 0 Å². The van der Waals surface area contributed by atoms with Gasteiger partial charge < -0.3 is 9.47 Å². The molecule has 6 nitrogen and oxygen atoms in total. The van der Waals surface area contributed by atoms with Crippen molar-refractivity contribution in [3.8, 4) is 11.5 Å². The van der Waals surface area contributed by atoms with E-state index in [1.165, 1.54) is 20.3 Å². The average Bonchev–Trinajstić information content (AvgIpc) is 2.86. The molecular formula is C18H15NO5. The van der Waals surface area contributed by atoms with Crippen molar-refractivity contribution in [2.75, 3.05) is 20.8 Å². The number of imide groups is 1. The summed E-state index contributed by atoms with van der Waals surface area (Å²) in [5.74, 6) is -0.361. The summed E-state index contributed by atoms with van der Waals surface area (Å²) in [4.78, 5) is 38.0. The molecule has 24 heavy (non-hydrogen) atoms. The fourth-order valence-electron chi connectivity index (χ4n) is 2.63. The van der Waals surface area contributed by atoms with E-state index in [-0.39, 0.29) is 12.3 Å². The van der Waals surface area contributed by atoms with Crippen molar-refractivity contribution in [3.05, 3.63) is 59.2 Å². The molecule has 122 valence electrons. The zero-order valence-corrected chi connectivity index (χ0v) is 13.2. The van der Waals surface area contributed by atoms with Gasteiger partial charge >= 0.3 is 0 Å². The summed E-state index contributed by atoms with van der Waals surface area (Å²) in [6.45, 7) is -0.318. The molecule has 0 aliphatic carbocycles. The molecule has 0 bridgehead atoms. The van der Waals surface area contributed by atoms with E-state index in [1.54, 1.807) is 36.4 Å². The molecule has 0 saturated carbocycles. The number of carbonyl (C=O) groups is 3. The zero-order valence-electron chi connectivity index (χ0n) is 13.2. The quantitative estimate of drug-likeness (QED) is 0.622. The SMILES string of the molecule is COc1ccc(C(=O)CN2C(=O)c3ccccc3C2=O)cc1OC. The number of Topliss-reactive ketones (excluding diaryl/α,β-unsaturated/α-hetero) is 1. The van der Waals surface area contributed by atoms with Gasteiger partial charge in [0.15, 0.2) is 17.3 Å². The van der Waals surface area contributed by atoms with Crippen LogP contribution in [0, 0.1) is 0 Å². The second-order valence-electron chi connectivity index (χ2n) is 5.23. The third-order valence-corrected chi connectivity index (χ3v) is 3.89. The first kappa shape index (κ1) is 15.7. The smallest absolute Gasteiger partial charge is 0.261 e. The lowest BCUT2D eigenvalue weighted by molar-refractivity contribution is 0.0624. The number of hydrogen-bond acceptors (Lipinski definition) is 5. The lowest BCUT2D eigenvalue weighted by Gasteiger charge is -2.14. The van der Waals surface area contributed by atoms with Crippen molar-refractivity contribution in [1.82, 2.24) is 4.90 Å². The van der Waals surface area contributed by atoms with Crippen LogP contribution in [0.1, 0.15) is 31.1 Å². The Morgan fingerprint density at radius 2 is 1.50 bits per heavy atom. The summed E-state index contributed by atoms with van der Waals surface area (Å²) in [5.41, 5.74) is 0.981. The largest absolute Gasteiger partial charge is 0.493 e. The fourth-order valence-corrected chi connectivity index (χ4v) is 2.63. The van der Waals surface area contributed by atoms with E-state index in [2.05, 4.69) is 0 Å². The van der Waals surface area contributed by atoms with Gasteiger partial charge in [-0.15, -0.1) is 0 Å². The summed E-state index contributed by atoms with van der Waals surface area (Å²) in [7, 11) is 2.97. The van der Waals surface area contributed by atoms with E-state index in [0.717, 1.165) is 4.90 Å². The summed E-state index contributed by atoms with van der Waals surface area (Å²) in [6, 6.07) is 11.2. The Bertz CT molecular complexity index is 808. The lowest BCUT2D eigenvalue weighted by atomic mass is 10.1. The van der Waals surface area contributed by atoms with Crippen molar-refractivity contribution in [3.63, 3.8) is 0 Å². The fraction of sp³-hybridized carbons (Fsp3) is 0.167. The molecule has 0 atom stereocenters. The Balaban J connectivity index is 1.84. The van der Waals surface area contributed by atoms with Gasteiger partial charge in [-0.1, -0.05) is 12.1 Å². The van der Waals surface area contributed by atoms with Gasteiger partial charge in [-0.25, -0.2) is 0 Å². The second-order valence-corrected chi connectivity index (χ2v) is 5.23. The van der Waals surface area contributed by atoms with Crippen LogP contribution in [0.3, 0.4) is 0 Å². The highest BCUT2D eigenvalue weighted by molar-refractivity contribution is 6.23. The van der Waals surface area contributed by atoms with E-state index < -0.39 is 11.8 Å². The number of rotatable bonds is 5. The molecule has 0 aromatic heterocycles. The first-order valence-corrected chi connectivity index (χ1v) is 7.27. The van der Waals surface area contributed by atoms with E-state index in [0.29, 0.717) is 28.2 Å². The van der Waals surface area contributed by atoms with Gasteiger partial charge in [-0.3, -0.25) is 19.3 Å². The van der Waals surface area contributed by atoms with Gasteiger partial charge in [-0.2, -0.15) is 0 Å². The van der Waals surface area contributed by atoms with Gasteiger partial charge in [0.05, 0.1) is 31.9 Å². The minimum Gasteiger partial charge on any atom is -0.493 e. The molecule has 1 heterocycles. The number of fused-ring (bicyclic) bond motifs is 1. The van der Waals surface area contributed by atoms with Crippen LogP contribution < -0.4 is 9.47 Å². The Morgan fingerprint density at radius 1 is 0.917 bits per heavy atom. The predicted octanol–water partition coefficient (Wildman–Crippen LogP) is 2.18. The van der Waals surface area contributed by atoms with E-state index in [1.807, 2.05) is 0 Å². The molecule has 2 amide bonds. The van der Waals surface area contributed by atoms with Crippen LogP contribution in [0.4, 0.5) is 0 Å². The molecule has 2 aromatic rings. The third kappa shape index (κ3) is 2.52. The van der Waals surface area contributed by atoms with Crippen molar-refractivity contribution >= 4 is 17.6 Å². The molecule has 0 saturated heterocycles. The number of nitrogens with zero attached hydrogens (tertiary/aromatic N) is 1. The van der Waals surface area contributed by atoms with Crippen molar-refractivity contribution in [2.45, 2.75) is 0 Å². The maximum Gasteiger partial charge on any atom is 0.261 e. The van der Waals surface area contributed by atoms with Gasteiger partial charge in [0, 0.05) is 5.56 Å². The summed E-state index contributed by atoms with van der Waals surface area (Å²) in [6.07, 6.45) is 0. The monoisotopic (exact) mass is 325 g/mol. The predicted molar refractivity (Wildman–Crippen MR) is 85.7 cm³/mol. The van der Waals surface area contributed by atoms with Gasteiger partial charge in [0.25, 0.3) is 11.8 Å². The van der Waals surface area contributed by atoms with Gasteiger partial charge in [0.1, 0.15) is 0 Å². The first-order chi connectivity index (χ1) is 11.6. The number of carbonyl (C=O) groups excluding carboxylic acids is 3. The van der Waals surface area contributed by atoms with Crippen LogP contribution in [-0.4, -0.2) is 43.3 Å². The highest BCUT2D eigenvalue weighted by Gasteiger charge is 2.36. The van der Waals surface area contributed by atoms with E-state index in [9.17, 15) is 14.4 Å². The zero-order chi connectivity index (χ0) is 17.3. The Labute approximate surface area is 138 Å². The highest BCUT2D eigenvalue weighted by atomic mass is 16.5. The number of benzene rings is 2. The van der Waals surface area contributed by atoms with E-state index >= 15 is 0 Å². The molecule has 2 aromatic carbocycles. The maximum atomic E-state index is 12.5. The Kier molecular flexibility index (Phi) is 4.04. The topological polar surface area (TPSA) is 72.9 Å². The molecule has 0 N–H and O–H groups in total. The number of methoxy groups -OCH3 is 2. The molecule has 6 heteroatoms. The van der Waals surface area contributed by atoms with Crippen LogP contribution in [0.5, 0.6) is 11.5 Å². The van der Waals surface area contributed by atoms with Crippen LogP contribution in [-0.2, 0) is 0 Å². The van der Waals surface area contributed by atoms with Crippen molar-refractivity contribution < 1.29 is 23.9 Å². The normalized spacial score (nSPS) is 13.0. The van der Waals surface area contributed by atoms with Crippen LogP contribution in [0.15, 0.2) is 42.5 Å². The third-order valence-electron chi connectivity index (χ3n) is 3.89. The number of hydrogen-bond donors (Lipinski definition) is 0. The first-order valence-electron chi connectivity index (χ1n) is 7.27. The van der Waals surface area contributed by atoms with Gasteiger partial charge in [-0.05, 0) is 30.3 Å². The summed E-state index contributed by atoms with van der Waals surface area (Å²) in [5, 5.41) is 0. The van der Waals surface area contributed by atoms with Crippen LogP contribution in [0.2, 0.25) is 0 Å². The lowest BCUT2D eigenvalue weighted by Crippen LogP contribution is -2.34. The summed E-state index contributed by atoms with van der Waals surface area (Å²) < 4.78 is 10.3. The Morgan fingerprint density at radius 3 is 2.04 bits per heavy atom. The average molecular weight is 325 g/mol. The highest BCUT2D eigenvalue weighted by Crippen LogP contribution is 2.28. The van der Waals surface area contributed by atoms with Crippen LogP contribution >= 0.6 is 0 Å². The molecule has 0 unspecified atom stereocenters. The molecule has 1 aliphatic heterocycles. The molecular weight excluding hydrogens is 310 g/mol. The standard InChI is InChI=1S/C18H15NO5/c1-23-15-8-7-11(9-16(15)24-2)14(20)10-19-17(21)12-5-3-4-6-13(12)18(19)22/h3-9H,10H2,1-2H3. The van der Waals surface area contributed by atoms with E-state index in [4.69, 9.17) is 9.47 Å². The molecule has 0 fully saturated rings. The number of ketones is 1. The maximum absolute atomic E-state index is 12.5. The Hall–Kier alpha value is -3.15. The van der Waals surface area contributed by atoms with Crippen molar-refractivity contribution in [2.24, 2.45) is 0 Å². The van der Waals surface area contributed by atoms with Crippen LogP contribution in [0.25, 0.3) is 0 Å². The molecule has 0 spiro atoms. The second kappa shape index (κ2) is 6.16.